The maximum atomic E-state index is 6.11. The molecule has 20 heavy (non-hydrogen) atoms. The summed E-state index contributed by atoms with van der Waals surface area (Å²) in [7, 11) is 0. The van der Waals surface area contributed by atoms with Crippen molar-refractivity contribution in [3.05, 3.63) is 35.0 Å². The van der Waals surface area contributed by atoms with Gasteiger partial charge in [-0.1, -0.05) is 17.7 Å². The van der Waals surface area contributed by atoms with Crippen LogP contribution in [0.5, 0.6) is 0 Å². The minimum Gasteiger partial charge on any atom is -0.340 e. The summed E-state index contributed by atoms with van der Waals surface area (Å²) in [6.45, 7) is 7.78. The number of aromatic nitrogens is 3. The largest absolute Gasteiger partial charge is 0.340 e. The van der Waals surface area contributed by atoms with E-state index in [0.717, 1.165) is 29.4 Å². The lowest BCUT2D eigenvalue weighted by Gasteiger charge is -2.18. The number of anilines is 3. The van der Waals surface area contributed by atoms with Gasteiger partial charge in [-0.05, 0) is 38.5 Å². The first-order valence-electron chi connectivity index (χ1n) is 6.62. The van der Waals surface area contributed by atoms with E-state index in [-0.39, 0.29) is 0 Å². The van der Waals surface area contributed by atoms with Gasteiger partial charge in [0.1, 0.15) is 0 Å². The third-order valence-electron chi connectivity index (χ3n) is 3.12. The van der Waals surface area contributed by atoms with Crippen molar-refractivity contribution in [2.45, 2.75) is 20.8 Å². The molecule has 0 aliphatic rings. The van der Waals surface area contributed by atoms with Crippen LogP contribution in [0.3, 0.4) is 0 Å². The highest BCUT2D eigenvalue weighted by atomic mass is 35.5. The molecule has 0 bridgehead atoms. The van der Waals surface area contributed by atoms with Crippen LogP contribution >= 0.6 is 11.6 Å². The Bertz CT molecular complexity index is 584. The Hall–Kier alpha value is -1.88. The standard InChI is InChI=1S/C14H18ClN5/c1-4-20(5-2)14-18-13(9-16-19-14)17-12-8-6-7-11(15)10(12)3/h6-9H,4-5H2,1-3H3,(H,17,18,19). The van der Waals surface area contributed by atoms with Crippen molar-refractivity contribution in [3.8, 4) is 0 Å². The molecule has 0 fully saturated rings. The van der Waals surface area contributed by atoms with E-state index in [2.05, 4.69) is 34.3 Å². The molecular formula is C14H18ClN5. The molecule has 1 aromatic carbocycles. The van der Waals surface area contributed by atoms with Gasteiger partial charge in [-0.3, -0.25) is 0 Å². The molecule has 6 heteroatoms. The fraction of sp³-hybridized carbons (Fsp3) is 0.357. The first kappa shape index (κ1) is 14.5. The molecule has 0 aliphatic heterocycles. The zero-order chi connectivity index (χ0) is 14.5. The molecule has 0 unspecified atom stereocenters. The quantitative estimate of drug-likeness (QED) is 0.915. The van der Waals surface area contributed by atoms with Gasteiger partial charge in [0.05, 0.1) is 6.20 Å². The topological polar surface area (TPSA) is 53.9 Å². The number of hydrogen-bond acceptors (Lipinski definition) is 5. The first-order chi connectivity index (χ1) is 9.65. The molecule has 0 saturated heterocycles. The minimum atomic E-state index is 0.625. The second-order valence-corrected chi connectivity index (χ2v) is 4.76. The van der Waals surface area contributed by atoms with E-state index in [9.17, 15) is 0 Å². The van der Waals surface area contributed by atoms with Gasteiger partial charge in [0.2, 0.25) is 5.95 Å². The number of halogens is 1. The summed E-state index contributed by atoms with van der Waals surface area (Å²) in [4.78, 5) is 6.52. The van der Waals surface area contributed by atoms with E-state index < -0.39 is 0 Å². The van der Waals surface area contributed by atoms with Crippen LogP contribution in [-0.4, -0.2) is 28.3 Å². The van der Waals surface area contributed by atoms with Crippen LogP contribution in [0.15, 0.2) is 24.4 Å². The predicted octanol–water partition coefficient (Wildman–Crippen LogP) is 3.42. The Balaban J connectivity index is 2.26. The summed E-state index contributed by atoms with van der Waals surface area (Å²) in [5, 5.41) is 12.0. The van der Waals surface area contributed by atoms with Crippen molar-refractivity contribution in [2.75, 3.05) is 23.3 Å². The van der Waals surface area contributed by atoms with Crippen LogP contribution in [0.4, 0.5) is 17.5 Å². The van der Waals surface area contributed by atoms with Gasteiger partial charge in [0.25, 0.3) is 0 Å². The molecule has 1 heterocycles. The van der Waals surface area contributed by atoms with E-state index in [1.807, 2.05) is 30.0 Å². The lowest BCUT2D eigenvalue weighted by molar-refractivity contribution is 0.796. The number of benzene rings is 1. The number of nitrogens with zero attached hydrogens (tertiary/aromatic N) is 4. The molecule has 0 spiro atoms. The van der Waals surface area contributed by atoms with Crippen molar-refractivity contribution >= 4 is 29.1 Å². The Morgan fingerprint density at radius 3 is 2.70 bits per heavy atom. The smallest absolute Gasteiger partial charge is 0.247 e. The van der Waals surface area contributed by atoms with Gasteiger partial charge >= 0.3 is 0 Å². The van der Waals surface area contributed by atoms with Gasteiger partial charge < -0.3 is 10.2 Å². The Morgan fingerprint density at radius 1 is 1.25 bits per heavy atom. The Kier molecular flexibility index (Phi) is 4.74. The minimum absolute atomic E-state index is 0.625. The van der Waals surface area contributed by atoms with E-state index in [1.165, 1.54) is 0 Å². The predicted molar refractivity (Wildman–Crippen MR) is 82.9 cm³/mol. The summed E-state index contributed by atoms with van der Waals surface area (Å²) in [6.07, 6.45) is 1.60. The molecule has 0 radical (unpaired) electrons. The summed E-state index contributed by atoms with van der Waals surface area (Å²) < 4.78 is 0. The van der Waals surface area contributed by atoms with E-state index in [1.54, 1.807) is 6.20 Å². The maximum Gasteiger partial charge on any atom is 0.247 e. The zero-order valence-corrected chi connectivity index (χ0v) is 12.6. The summed E-state index contributed by atoms with van der Waals surface area (Å²) >= 11 is 6.11. The monoisotopic (exact) mass is 291 g/mol. The highest BCUT2D eigenvalue weighted by Crippen LogP contribution is 2.25. The molecule has 1 N–H and O–H groups in total. The molecule has 2 rings (SSSR count). The van der Waals surface area contributed by atoms with Crippen molar-refractivity contribution in [1.82, 2.24) is 15.2 Å². The van der Waals surface area contributed by atoms with Crippen molar-refractivity contribution < 1.29 is 0 Å². The first-order valence-corrected chi connectivity index (χ1v) is 7.00. The highest BCUT2D eigenvalue weighted by molar-refractivity contribution is 6.31. The van der Waals surface area contributed by atoms with Crippen LogP contribution in [0.1, 0.15) is 19.4 Å². The molecular weight excluding hydrogens is 274 g/mol. The van der Waals surface area contributed by atoms with Crippen LogP contribution in [0, 0.1) is 6.92 Å². The Labute approximate surface area is 124 Å². The van der Waals surface area contributed by atoms with Crippen LogP contribution in [0.2, 0.25) is 5.02 Å². The number of rotatable bonds is 5. The van der Waals surface area contributed by atoms with Crippen molar-refractivity contribution in [2.24, 2.45) is 0 Å². The summed E-state index contributed by atoms with van der Waals surface area (Å²) in [6, 6.07) is 5.72. The zero-order valence-electron chi connectivity index (χ0n) is 11.9. The molecule has 5 nitrogen and oxygen atoms in total. The van der Waals surface area contributed by atoms with Gasteiger partial charge in [-0.2, -0.15) is 10.1 Å². The second kappa shape index (κ2) is 6.52. The van der Waals surface area contributed by atoms with Crippen LogP contribution in [-0.2, 0) is 0 Å². The van der Waals surface area contributed by atoms with Gasteiger partial charge in [0, 0.05) is 23.8 Å². The fourth-order valence-electron chi connectivity index (χ4n) is 1.88. The lowest BCUT2D eigenvalue weighted by Crippen LogP contribution is -2.24. The molecule has 0 amide bonds. The maximum absolute atomic E-state index is 6.11. The van der Waals surface area contributed by atoms with Gasteiger partial charge in [-0.25, -0.2) is 0 Å². The Morgan fingerprint density at radius 2 is 2.00 bits per heavy atom. The lowest BCUT2D eigenvalue weighted by atomic mass is 10.2. The number of nitrogens with one attached hydrogen (secondary N) is 1. The van der Waals surface area contributed by atoms with Crippen molar-refractivity contribution in [3.63, 3.8) is 0 Å². The summed E-state index contributed by atoms with van der Waals surface area (Å²) in [5.74, 6) is 1.28. The van der Waals surface area contributed by atoms with Gasteiger partial charge in [-0.15, -0.1) is 5.10 Å². The van der Waals surface area contributed by atoms with Crippen LogP contribution < -0.4 is 10.2 Å². The molecule has 0 saturated carbocycles. The van der Waals surface area contributed by atoms with Crippen molar-refractivity contribution in [1.29, 1.82) is 0 Å². The molecule has 106 valence electrons. The normalized spacial score (nSPS) is 10.4. The van der Waals surface area contributed by atoms with E-state index >= 15 is 0 Å². The molecule has 0 atom stereocenters. The summed E-state index contributed by atoms with van der Waals surface area (Å²) in [5.41, 5.74) is 1.90. The fourth-order valence-corrected chi connectivity index (χ4v) is 2.05. The molecule has 0 aliphatic carbocycles. The van der Waals surface area contributed by atoms with Crippen LogP contribution in [0.25, 0.3) is 0 Å². The van der Waals surface area contributed by atoms with E-state index in [4.69, 9.17) is 11.6 Å². The third-order valence-corrected chi connectivity index (χ3v) is 3.53. The van der Waals surface area contributed by atoms with E-state index in [0.29, 0.717) is 11.8 Å². The third kappa shape index (κ3) is 3.17. The highest BCUT2D eigenvalue weighted by Gasteiger charge is 2.08. The molecule has 1 aromatic heterocycles. The van der Waals surface area contributed by atoms with Gasteiger partial charge in [0.15, 0.2) is 5.82 Å². The average molecular weight is 292 g/mol. The average Bonchev–Trinajstić information content (AvgIpc) is 2.46. The SMILES string of the molecule is CCN(CC)c1nncc(Nc2cccc(Cl)c2C)n1. The number of hydrogen-bond donors (Lipinski definition) is 1. The second-order valence-electron chi connectivity index (χ2n) is 4.35. The molecule has 2 aromatic rings.